The number of carbonyl (C=O) groups is 3. The molecule has 0 radical (unpaired) electrons. The van der Waals surface area contributed by atoms with Crippen molar-refractivity contribution in [2.75, 3.05) is 13.7 Å². The predicted octanol–water partition coefficient (Wildman–Crippen LogP) is 4.90. The first-order valence-corrected chi connectivity index (χ1v) is 12.4. The van der Waals surface area contributed by atoms with Crippen LogP contribution in [0, 0.1) is 11.8 Å². The number of pyridine rings is 1. The molecule has 1 saturated carbocycles. The second-order valence-corrected chi connectivity index (χ2v) is 11.6. The molecule has 0 spiro atoms. The molecule has 0 saturated heterocycles. The van der Waals surface area contributed by atoms with Crippen molar-refractivity contribution in [2.24, 2.45) is 11.8 Å². The van der Waals surface area contributed by atoms with Gasteiger partial charge in [0.1, 0.15) is 28.8 Å². The summed E-state index contributed by atoms with van der Waals surface area (Å²) in [6, 6.07) is 5.55. The fraction of sp³-hybridized carbons (Fsp3) is 0.593. The minimum atomic E-state index is -0.883. The van der Waals surface area contributed by atoms with E-state index in [1.54, 1.807) is 64.8 Å². The topological polar surface area (TPSA) is 113 Å². The lowest BCUT2D eigenvalue weighted by Gasteiger charge is -2.30. The van der Waals surface area contributed by atoms with Gasteiger partial charge in [-0.2, -0.15) is 0 Å². The second-order valence-electron chi connectivity index (χ2n) is 11.6. The van der Waals surface area contributed by atoms with Gasteiger partial charge in [-0.15, -0.1) is 0 Å². The van der Waals surface area contributed by atoms with Crippen molar-refractivity contribution in [3.63, 3.8) is 0 Å². The highest BCUT2D eigenvalue weighted by Crippen LogP contribution is 2.57. The van der Waals surface area contributed by atoms with Gasteiger partial charge in [0.15, 0.2) is 0 Å². The van der Waals surface area contributed by atoms with Crippen molar-refractivity contribution in [3.05, 3.63) is 42.6 Å². The van der Waals surface area contributed by atoms with Crippen LogP contribution in [0.15, 0.2) is 36.9 Å². The molecule has 3 rings (SSSR count). The van der Waals surface area contributed by atoms with Gasteiger partial charge < -0.3 is 14.2 Å². The number of ether oxygens (including phenoxy) is 3. The summed E-state index contributed by atoms with van der Waals surface area (Å²) in [5.74, 6) is 0.125. The number of imidazole rings is 1. The van der Waals surface area contributed by atoms with Crippen LogP contribution in [0.2, 0.25) is 0 Å². The molecule has 10 nitrogen and oxygen atoms in total. The number of hydrogen-bond donors (Lipinski definition) is 0. The highest BCUT2D eigenvalue weighted by molar-refractivity contribution is 5.88. The molecule has 2 heterocycles. The monoisotopic (exact) mass is 514 g/mol. The largest absolute Gasteiger partial charge is 0.468 e. The summed E-state index contributed by atoms with van der Waals surface area (Å²) in [5, 5.41) is 0. The molecule has 2 aromatic heterocycles. The van der Waals surface area contributed by atoms with Gasteiger partial charge in [-0.1, -0.05) is 13.0 Å². The molecule has 0 bridgehead atoms. The summed E-state index contributed by atoms with van der Waals surface area (Å²) in [7, 11) is 1.37. The molecule has 2 amide bonds. The summed E-state index contributed by atoms with van der Waals surface area (Å²) >= 11 is 0. The van der Waals surface area contributed by atoms with Crippen molar-refractivity contribution in [1.82, 2.24) is 19.4 Å². The zero-order chi connectivity index (χ0) is 27.6. The van der Waals surface area contributed by atoms with Gasteiger partial charge in [0, 0.05) is 18.9 Å². The number of rotatable bonds is 7. The molecule has 202 valence electrons. The Morgan fingerprint density at radius 3 is 2.22 bits per heavy atom. The summed E-state index contributed by atoms with van der Waals surface area (Å²) in [4.78, 5) is 48.5. The summed E-state index contributed by atoms with van der Waals surface area (Å²) in [5.41, 5.74) is -1.82. The SMILES string of the molecule is COC(=O)[C@]1(c2cn(-c3ccccn3)cn2)C[C@@H]1C[C@@H](C)CN(C(=O)OC(C)(C)C)C(=O)OC(C)(C)C. The summed E-state index contributed by atoms with van der Waals surface area (Å²) in [6.07, 6.45) is 4.71. The van der Waals surface area contributed by atoms with Gasteiger partial charge in [0.05, 0.1) is 12.8 Å². The van der Waals surface area contributed by atoms with E-state index in [2.05, 4.69) is 9.97 Å². The maximum Gasteiger partial charge on any atom is 0.419 e. The van der Waals surface area contributed by atoms with E-state index in [0.717, 1.165) is 4.90 Å². The van der Waals surface area contributed by atoms with E-state index in [-0.39, 0.29) is 24.3 Å². The molecule has 2 aromatic rings. The van der Waals surface area contributed by atoms with E-state index >= 15 is 0 Å². The molecule has 1 fully saturated rings. The molecule has 37 heavy (non-hydrogen) atoms. The highest BCUT2D eigenvalue weighted by Gasteiger charge is 2.63. The van der Waals surface area contributed by atoms with Crippen LogP contribution in [-0.4, -0.2) is 62.4 Å². The van der Waals surface area contributed by atoms with Crippen LogP contribution in [0.3, 0.4) is 0 Å². The highest BCUT2D eigenvalue weighted by atomic mass is 16.6. The lowest BCUT2D eigenvalue weighted by molar-refractivity contribution is -0.144. The Balaban J connectivity index is 1.77. The van der Waals surface area contributed by atoms with E-state index in [0.29, 0.717) is 24.4 Å². The van der Waals surface area contributed by atoms with Gasteiger partial charge in [-0.25, -0.2) is 24.5 Å². The van der Waals surface area contributed by atoms with E-state index < -0.39 is 28.8 Å². The zero-order valence-corrected chi connectivity index (χ0v) is 23.0. The Hall–Kier alpha value is -3.43. The molecule has 1 aliphatic rings. The molecule has 0 aliphatic heterocycles. The van der Waals surface area contributed by atoms with Gasteiger partial charge in [-0.05, 0) is 78.4 Å². The first-order valence-electron chi connectivity index (χ1n) is 12.4. The number of esters is 1. The first-order chi connectivity index (χ1) is 17.2. The summed E-state index contributed by atoms with van der Waals surface area (Å²) in [6.45, 7) is 12.4. The molecular formula is C27H38N4O6. The number of carbonyl (C=O) groups excluding carboxylic acids is 3. The van der Waals surface area contributed by atoms with E-state index in [9.17, 15) is 14.4 Å². The van der Waals surface area contributed by atoms with Gasteiger partial charge in [-0.3, -0.25) is 9.36 Å². The van der Waals surface area contributed by atoms with Crippen molar-refractivity contribution in [3.8, 4) is 5.82 Å². The molecule has 0 N–H and O–H groups in total. The number of aromatic nitrogens is 3. The minimum absolute atomic E-state index is 0.0684. The molecule has 0 unspecified atom stereocenters. The van der Waals surface area contributed by atoms with Crippen LogP contribution in [0.4, 0.5) is 9.59 Å². The molecule has 1 aliphatic carbocycles. The molecule has 10 heteroatoms. The normalized spacial score (nSPS) is 20.1. The zero-order valence-electron chi connectivity index (χ0n) is 23.0. The number of imide groups is 1. The lowest BCUT2D eigenvalue weighted by atomic mass is 9.94. The van der Waals surface area contributed by atoms with Crippen LogP contribution in [-0.2, 0) is 24.4 Å². The third-order valence-corrected chi connectivity index (χ3v) is 6.02. The average molecular weight is 515 g/mol. The lowest BCUT2D eigenvalue weighted by Crippen LogP contribution is -2.45. The third-order valence-electron chi connectivity index (χ3n) is 6.02. The fourth-order valence-corrected chi connectivity index (χ4v) is 4.38. The van der Waals surface area contributed by atoms with Crippen molar-refractivity contribution < 1.29 is 28.6 Å². The number of amides is 2. The number of methoxy groups -OCH3 is 1. The smallest absolute Gasteiger partial charge is 0.419 e. The van der Waals surface area contributed by atoms with Crippen LogP contribution in [0.25, 0.3) is 5.82 Å². The van der Waals surface area contributed by atoms with Crippen molar-refractivity contribution >= 4 is 18.2 Å². The Bertz CT molecular complexity index is 1090. The number of nitrogens with zero attached hydrogens (tertiary/aromatic N) is 4. The Kier molecular flexibility index (Phi) is 8.00. The maximum atomic E-state index is 12.9. The second kappa shape index (κ2) is 10.5. The fourth-order valence-electron chi connectivity index (χ4n) is 4.38. The average Bonchev–Trinajstić information content (AvgIpc) is 3.27. The van der Waals surface area contributed by atoms with Crippen LogP contribution < -0.4 is 0 Å². The standard InChI is InChI=1S/C27H38N4O6/c1-18(15-31(23(33)36-25(2,3)4)24(34)37-26(5,6)7)13-19-14-27(19,22(32)35-8)20-16-30(17-29-20)21-11-9-10-12-28-21/h9-12,16-19H,13-15H2,1-8H3/t18-,19+,27-/m1/s1. The van der Waals surface area contributed by atoms with Gasteiger partial charge >= 0.3 is 18.2 Å². The van der Waals surface area contributed by atoms with Crippen LogP contribution in [0.5, 0.6) is 0 Å². The Morgan fingerprint density at radius 1 is 1.08 bits per heavy atom. The molecule has 3 atom stereocenters. The van der Waals surface area contributed by atoms with E-state index in [4.69, 9.17) is 14.2 Å². The number of hydrogen-bond acceptors (Lipinski definition) is 8. The van der Waals surface area contributed by atoms with Gasteiger partial charge in [0.25, 0.3) is 0 Å². The van der Waals surface area contributed by atoms with Crippen LogP contribution >= 0.6 is 0 Å². The van der Waals surface area contributed by atoms with Gasteiger partial charge in [0.2, 0.25) is 0 Å². The maximum absolute atomic E-state index is 12.9. The quantitative estimate of drug-likeness (QED) is 0.379. The van der Waals surface area contributed by atoms with E-state index in [1.807, 2.05) is 25.1 Å². The van der Waals surface area contributed by atoms with E-state index in [1.165, 1.54) is 7.11 Å². The Morgan fingerprint density at radius 2 is 1.70 bits per heavy atom. The van der Waals surface area contributed by atoms with Crippen molar-refractivity contribution in [1.29, 1.82) is 0 Å². The first kappa shape index (κ1) is 28.1. The molecular weight excluding hydrogens is 476 g/mol. The Labute approximate surface area is 218 Å². The summed E-state index contributed by atoms with van der Waals surface area (Å²) < 4.78 is 17.9. The van der Waals surface area contributed by atoms with Crippen molar-refractivity contribution in [2.45, 2.75) is 77.9 Å². The minimum Gasteiger partial charge on any atom is -0.468 e. The predicted molar refractivity (Wildman–Crippen MR) is 136 cm³/mol. The van der Waals surface area contributed by atoms with Crippen LogP contribution in [0.1, 0.15) is 67.0 Å². The third kappa shape index (κ3) is 6.87. The molecule has 0 aromatic carbocycles.